The number of aryl methyl sites for hydroxylation is 2. The van der Waals surface area contributed by atoms with Crippen molar-refractivity contribution < 1.29 is 4.79 Å². The summed E-state index contributed by atoms with van der Waals surface area (Å²) in [5, 5.41) is 3.12. The lowest BCUT2D eigenvalue weighted by Crippen LogP contribution is -2.41. The molecular formula is C26H35N3O. The minimum atomic E-state index is -0.508. The zero-order valence-corrected chi connectivity index (χ0v) is 19.6. The van der Waals surface area contributed by atoms with Crippen molar-refractivity contribution >= 4 is 5.91 Å². The van der Waals surface area contributed by atoms with Crippen LogP contribution in [0.5, 0.6) is 0 Å². The number of hydrogen-bond acceptors (Lipinski definition) is 3. The van der Waals surface area contributed by atoms with Crippen LogP contribution in [0.15, 0.2) is 60.8 Å². The predicted molar refractivity (Wildman–Crippen MR) is 127 cm³/mol. The van der Waals surface area contributed by atoms with Gasteiger partial charge in [-0.05, 0) is 38.8 Å². The van der Waals surface area contributed by atoms with Crippen molar-refractivity contribution in [3.05, 3.63) is 83.3 Å². The average Bonchev–Trinajstić information content (AvgIpc) is 2.77. The van der Waals surface area contributed by atoms with Crippen LogP contribution in [0, 0.1) is 13.8 Å². The highest BCUT2D eigenvalue weighted by Gasteiger charge is 2.25. The molecule has 0 aliphatic rings. The van der Waals surface area contributed by atoms with Gasteiger partial charge in [-0.25, -0.2) is 9.97 Å². The van der Waals surface area contributed by atoms with Gasteiger partial charge >= 0.3 is 0 Å². The molecule has 1 amide bonds. The number of amides is 1. The van der Waals surface area contributed by atoms with Crippen molar-refractivity contribution in [2.75, 3.05) is 0 Å². The standard InChI is InChI=1S/C22H23N3O.2C2H6/c1-15-10-8-9-13-18(15)20-19(14-23-16(2)24-20)21(26)25-22(3,4)17-11-6-5-7-12-17;2*1-2/h5-14H,1-4H3,(H,25,26);2*1-2H3. The lowest BCUT2D eigenvalue weighted by Gasteiger charge is -2.27. The van der Waals surface area contributed by atoms with E-state index in [0.717, 1.165) is 16.7 Å². The summed E-state index contributed by atoms with van der Waals surface area (Å²) in [5.74, 6) is 0.458. The predicted octanol–water partition coefficient (Wildman–Crippen LogP) is 6.48. The fraction of sp³-hybridized carbons (Fsp3) is 0.346. The van der Waals surface area contributed by atoms with E-state index in [9.17, 15) is 4.79 Å². The molecule has 0 fully saturated rings. The number of benzene rings is 2. The van der Waals surface area contributed by atoms with E-state index >= 15 is 0 Å². The van der Waals surface area contributed by atoms with Crippen LogP contribution >= 0.6 is 0 Å². The highest BCUT2D eigenvalue weighted by Crippen LogP contribution is 2.26. The van der Waals surface area contributed by atoms with Gasteiger partial charge in [0, 0.05) is 11.8 Å². The Kier molecular flexibility index (Phi) is 9.90. The van der Waals surface area contributed by atoms with E-state index in [1.54, 1.807) is 6.20 Å². The second-order valence-electron chi connectivity index (χ2n) is 6.94. The smallest absolute Gasteiger partial charge is 0.255 e. The summed E-state index contributed by atoms with van der Waals surface area (Å²) in [5.41, 5.74) is 3.69. The van der Waals surface area contributed by atoms with Gasteiger partial charge in [0.2, 0.25) is 0 Å². The Morgan fingerprint density at radius 2 is 1.43 bits per heavy atom. The molecular weight excluding hydrogens is 370 g/mol. The van der Waals surface area contributed by atoms with Gasteiger partial charge in [-0.1, -0.05) is 82.3 Å². The number of carbonyl (C=O) groups excluding carboxylic acids is 1. The normalized spacial score (nSPS) is 10.1. The zero-order valence-electron chi connectivity index (χ0n) is 19.6. The van der Waals surface area contributed by atoms with Gasteiger partial charge in [-0.2, -0.15) is 0 Å². The molecule has 0 spiro atoms. The first-order chi connectivity index (χ1) is 14.4. The second kappa shape index (κ2) is 11.9. The molecule has 0 atom stereocenters. The molecule has 0 saturated heterocycles. The Hall–Kier alpha value is -3.01. The number of nitrogens with zero attached hydrogens (tertiary/aromatic N) is 2. The third-order valence-corrected chi connectivity index (χ3v) is 4.48. The first-order valence-electron chi connectivity index (χ1n) is 10.7. The fourth-order valence-electron chi connectivity index (χ4n) is 2.96. The van der Waals surface area contributed by atoms with Crippen LogP contribution in [-0.4, -0.2) is 15.9 Å². The molecule has 0 saturated carbocycles. The van der Waals surface area contributed by atoms with E-state index in [-0.39, 0.29) is 5.91 Å². The van der Waals surface area contributed by atoms with Gasteiger partial charge in [-0.3, -0.25) is 4.79 Å². The fourth-order valence-corrected chi connectivity index (χ4v) is 2.96. The molecule has 0 aliphatic heterocycles. The van der Waals surface area contributed by atoms with Gasteiger partial charge in [-0.15, -0.1) is 0 Å². The minimum Gasteiger partial charge on any atom is -0.343 e. The first kappa shape index (κ1) is 25.0. The monoisotopic (exact) mass is 405 g/mol. The van der Waals surface area contributed by atoms with Crippen LogP contribution in [-0.2, 0) is 5.54 Å². The Morgan fingerprint density at radius 1 is 0.867 bits per heavy atom. The molecule has 3 rings (SSSR count). The SMILES string of the molecule is CC.CC.Cc1ncc(C(=O)NC(C)(C)c2ccccc2)c(-c2ccccc2C)n1. The summed E-state index contributed by atoms with van der Waals surface area (Å²) in [7, 11) is 0. The third kappa shape index (κ3) is 6.24. The Bertz CT molecular complexity index is 934. The highest BCUT2D eigenvalue weighted by atomic mass is 16.1. The van der Waals surface area contributed by atoms with Crippen molar-refractivity contribution in [3.63, 3.8) is 0 Å². The molecule has 2 aromatic carbocycles. The van der Waals surface area contributed by atoms with Gasteiger partial charge in [0.15, 0.2) is 0 Å². The number of hydrogen-bond donors (Lipinski definition) is 1. The molecule has 0 aliphatic carbocycles. The molecule has 160 valence electrons. The maximum Gasteiger partial charge on any atom is 0.255 e. The topological polar surface area (TPSA) is 54.9 Å². The van der Waals surface area contributed by atoms with Crippen molar-refractivity contribution in [3.8, 4) is 11.3 Å². The number of nitrogens with one attached hydrogen (secondary N) is 1. The number of rotatable bonds is 4. The molecule has 1 aromatic heterocycles. The number of carbonyl (C=O) groups is 1. The second-order valence-corrected chi connectivity index (χ2v) is 6.94. The van der Waals surface area contributed by atoms with Crippen molar-refractivity contribution in [1.29, 1.82) is 0 Å². The van der Waals surface area contributed by atoms with Gasteiger partial charge in [0.25, 0.3) is 5.91 Å². The molecule has 4 nitrogen and oxygen atoms in total. The van der Waals surface area contributed by atoms with E-state index in [1.165, 1.54) is 0 Å². The molecule has 0 unspecified atom stereocenters. The van der Waals surface area contributed by atoms with E-state index < -0.39 is 5.54 Å². The maximum absolute atomic E-state index is 13.1. The Morgan fingerprint density at radius 3 is 2.03 bits per heavy atom. The summed E-state index contributed by atoms with van der Waals surface area (Å²) in [6, 6.07) is 17.8. The average molecular weight is 406 g/mol. The summed E-state index contributed by atoms with van der Waals surface area (Å²) >= 11 is 0. The summed E-state index contributed by atoms with van der Waals surface area (Å²) in [6.45, 7) is 15.8. The van der Waals surface area contributed by atoms with E-state index in [0.29, 0.717) is 17.1 Å². The summed E-state index contributed by atoms with van der Waals surface area (Å²) < 4.78 is 0. The molecule has 4 heteroatoms. The quantitative estimate of drug-likeness (QED) is 0.540. The van der Waals surface area contributed by atoms with Crippen molar-refractivity contribution in [2.24, 2.45) is 0 Å². The van der Waals surface area contributed by atoms with E-state index in [2.05, 4.69) is 15.3 Å². The summed E-state index contributed by atoms with van der Waals surface area (Å²) in [6.07, 6.45) is 1.61. The maximum atomic E-state index is 13.1. The summed E-state index contributed by atoms with van der Waals surface area (Å²) in [4.78, 5) is 21.9. The molecule has 1 N–H and O–H groups in total. The highest BCUT2D eigenvalue weighted by molar-refractivity contribution is 6.00. The molecule has 0 bridgehead atoms. The Balaban J connectivity index is 0.00000106. The Labute approximate surface area is 181 Å². The van der Waals surface area contributed by atoms with Crippen LogP contribution in [0.25, 0.3) is 11.3 Å². The van der Waals surface area contributed by atoms with Crippen molar-refractivity contribution in [1.82, 2.24) is 15.3 Å². The minimum absolute atomic E-state index is 0.183. The molecule has 3 aromatic rings. The van der Waals surface area contributed by atoms with Crippen LogP contribution < -0.4 is 5.32 Å². The van der Waals surface area contributed by atoms with Crippen LogP contribution in [0.3, 0.4) is 0 Å². The first-order valence-corrected chi connectivity index (χ1v) is 10.7. The lowest BCUT2D eigenvalue weighted by molar-refractivity contribution is 0.0912. The van der Waals surface area contributed by atoms with Crippen molar-refractivity contribution in [2.45, 2.75) is 60.9 Å². The van der Waals surface area contributed by atoms with Gasteiger partial charge in [0.05, 0.1) is 16.8 Å². The van der Waals surface area contributed by atoms with Crippen LogP contribution in [0.4, 0.5) is 0 Å². The number of aromatic nitrogens is 2. The molecule has 0 radical (unpaired) electrons. The van der Waals surface area contributed by atoms with Crippen LogP contribution in [0.2, 0.25) is 0 Å². The van der Waals surface area contributed by atoms with Gasteiger partial charge < -0.3 is 5.32 Å². The van der Waals surface area contributed by atoms with Crippen LogP contribution in [0.1, 0.15) is 68.9 Å². The van der Waals surface area contributed by atoms with E-state index in [1.807, 2.05) is 110 Å². The third-order valence-electron chi connectivity index (χ3n) is 4.48. The van der Waals surface area contributed by atoms with E-state index in [4.69, 9.17) is 0 Å². The largest absolute Gasteiger partial charge is 0.343 e. The lowest BCUT2D eigenvalue weighted by atomic mass is 9.93. The van der Waals surface area contributed by atoms with Gasteiger partial charge in [0.1, 0.15) is 5.82 Å². The zero-order chi connectivity index (χ0) is 22.7. The molecule has 30 heavy (non-hydrogen) atoms. The molecule has 1 heterocycles.